The first-order valence-electron chi connectivity index (χ1n) is 6.89. The Morgan fingerprint density at radius 2 is 1.75 bits per heavy atom. The summed E-state index contributed by atoms with van der Waals surface area (Å²) in [6.45, 7) is 0. The number of para-hydroxylation sites is 1. The van der Waals surface area contributed by atoms with Crippen molar-refractivity contribution in [2.24, 2.45) is 7.05 Å². The fourth-order valence-corrected chi connectivity index (χ4v) is 2.59. The van der Waals surface area contributed by atoms with Gasteiger partial charge in [-0.05, 0) is 24.5 Å². The summed E-state index contributed by atoms with van der Waals surface area (Å²) in [6.07, 6.45) is 1.03. The van der Waals surface area contributed by atoms with Crippen LogP contribution in [-0.2, 0) is 13.5 Å². The minimum Gasteiger partial charge on any atom is -0.388 e. The number of rotatable bonds is 4. The summed E-state index contributed by atoms with van der Waals surface area (Å²) in [7, 11) is 1.96. The number of aromatic nitrogens is 2. The summed E-state index contributed by atoms with van der Waals surface area (Å²) in [4.78, 5) is 0. The van der Waals surface area contributed by atoms with Crippen LogP contribution in [-0.4, -0.2) is 14.9 Å². The van der Waals surface area contributed by atoms with Crippen molar-refractivity contribution in [3.63, 3.8) is 0 Å². The van der Waals surface area contributed by atoms with Gasteiger partial charge in [-0.15, -0.1) is 0 Å². The second-order valence-corrected chi connectivity index (χ2v) is 5.05. The van der Waals surface area contributed by atoms with E-state index in [-0.39, 0.29) is 0 Å². The van der Waals surface area contributed by atoms with Gasteiger partial charge in [0.25, 0.3) is 0 Å². The van der Waals surface area contributed by atoms with Crippen molar-refractivity contribution >= 4 is 10.9 Å². The Hall–Kier alpha value is -2.13. The quantitative estimate of drug-likeness (QED) is 0.787. The lowest BCUT2D eigenvalue weighted by molar-refractivity contribution is 0.167. The maximum absolute atomic E-state index is 10.2. The summed E-state index contributed by atoms with van der Waals surface area (Å²) >= 11 is 0. The van der Waals surface area contributed by atoms with Gasteiger partial charge >= 0.3 is 0 Å². The fourth-order valence-electron chi connectivity index (χ4n) is 2.59. The Morgan fingerprint density at radius 3 is 2.55 bits per heavy atom. The third-order valence-electron chi connectivity index (χ3n) is 3.67. The lowest BCUT2D eigenvalue weighted by Gasteiger charge is -2.09. The first-order chi connectivity index (χ1) is 9.75. The summed E-state index contributed by atoms with van der Waals surface area (Å²) in [6, 6.07) is 18.0. The summed E-state index contributed by atoms with van der Waals surface area (Å²) in [5, 5.41) is 16.0. The molecule has 3 rings (SSSR count). The highest BCUT2D eigenvalue weighted by atomic mass is 16.3. The largest absolute Gasteiger partial charge is 0.388 e. The van der Waals surface area contributed by atoms with Crippen LogP contribution in [0.25, 0.3) is 10.9 Å². The zero-order valence-corrected chi connectivity index (χ0v) is 11.5. The molecule has 1 heterocycles. The van der Waals surface area contributed by atoms with Crippen molar-refractivity contribution in [1.82, 2.24) is 9.78 Å². The summed E-state index contributed by atoms with van der Waals surface area (Å²) in [5.74, 6) is 0. The molecular weight excluding hydrogens is 248 g/mol. The van der Waals surface area contributed by atoms with E-state index in [1.54, 1.807) is 0 Å². The van der Waals surface area contributed by atoms with E-state index in [4.69, 9.17) is 0 Å². The second-order valence-electron chi connectivity index (χ2n) is 5.05. The molecule has 0 amide bonds. The van der Waals surface area contributed by atoms with Crippen LogP contribution < -0.4 is 0 Å². The molecular formula is C17H18N2O. The molecule has 0 saturated heterocycles. The molecule has 0 fully saturated rings. The number of benzene rings is 2. The molecule has 3 nitrogen and oxygen atoms in total. The smallest absolute Gasteiger partial charge is 0.0793 e. The Labute approximate surface area is 118 Å². The topological polar surface area (TPSA) is 38.0 Å². The van der Waals surface area contributed by atoms with E-state index in [2.05, 4.69) is 17.2 Å². The third kappa shape index (κ3) is 2.45. The van der Waals surface area contributed by atoms with Crippen LogP contribution in [0.3, 0.4) is 0 Å². The van der Waals surface area contributed by atoms with E-state index < -0.39 is 6.10 Å². The maximum atomic E-state index is 10.2. The Morgan fingerprint density at radius 1 is 1.05 bits per heavy atom. The molecule has 1 unspecified atom stereocenters. The molecule has 102 valence electrons. The second kappa shape index (κ2) is 5.47. The van der Waals surface area contributed by atoms with Crippen molar-refractivity contribution in [2.45, 2.75) is 18.9 Å². The van der Waals surface area contributed by atoms with Crippen LogP contribution in [0.15, 0.2) is 54.6 Å². The average Bonchev–Trinajstić information content (AvgIpc) is 2.83. The lowest BCUT2D eigenvalue weighted by atomic mass is 10.0. The van der Waals surface area contributed by atoms with E-state index in [9.17, 15) is 5.11 Å². The first kappa shape index (κ1) is 12.9. The zero-order chi connectivity index (χ0) is 13.9. The van der Waals surface area contributed by atoms with Crippen molar-refractivity contribution in [1.29, 1.82) is 0 Å². The Balaban J connectivity index is 1.77. The monoisotopic (exact) mass is 266 g/mol. The van der Waals surface area contributed by atoms with Crippen LogP contribution in [0.2, 0.25) is 0 Å². The van der Waals surface area contributed by atoms with E-state index in [1.807, 2.05) is 54.2 Å². The van der Waals surface area contributed by atoms with E-state index in [1.165, 1.54) is 5.39 Å². The van der Waals surface area contributed by atoms with E-state index >= 15 is 0 Å². The molecule has 1 aromatic heterocycles. The molecule has 0 bridgehead atoms. The van der Waals surface area contributed by atoms with E-state index in [0.717, 1.165) is 23.2 Å². The highest BCUT2D eigenvalue weighted by molar-refractivity contribution is 5.81. The molecule has 0 spiro atoms. The molecule has 0 aliphatic heterocycles. The molecule has 1 N–H and O–H groups in total. The predicted octanol–water partition coefficient (Wildman–Crippen LogP) is 3.24. The van der Waals surface area contributed by atoms with Crippen molar-refractivity contribution in [2.75, 3.05) is 0 Å². The molecule has 0 aliphatic carbocycles. The van der Waals surface area contributed by atoms with Gasteiger partial charge in [-0.25, -0.2) is 0 Å². The van der Waals surface area contributed by atoms with Crippen molar-refractivity contribution < 1.29 is 5.11 Å². The van der Waals surface area contributed by atoms with E-state index in [0.29, 0.717) is 6.42 Å². The highest BCUT2D eigenvalue weighted by Gasteiger charge is 2.11. The molecule has 0 saturated carbocycles. The number of hydrogen-bond acceptors (Lipinski definition) is 2. The summed E-state index contributed by atoms with van der Waals surface area (Å²) < 4.78 is 1.90. The molecule has 2 aromatic carbocycles. The normalized spacial score (nSPS) is 12.7. The Bertz CT molecular complexity index is 703. The van der Waals surface area contributed by atoms with Gasteiger partial charge in [-0.2, -0.15) is 5.10 Å². The molecule has 1 atom stereocenters. The van der Waals surface area contributed by atoms with Gasteiger partial charge in [-0.3, -0.25) is 4.68 Å². The van der Waals surface area contributed by atoms with Crippen LogP contribution in [0.4, 0.5) is 0 Å². The minimum atomic E-state index is -0.433. The molecule has 3 aromatic rings. The number of aliphatic hydroxyl groups is 1. The zero-order valence-electron chi connectivity index (χ0n) is 11.5. The summed E-state index contributed by atoms with van der Waals surface area (Å²) in [5.41, 5.74) is 3.16. The lowest BCUT2D eigenvalue weighted by Crippen LogP contribution is -2.00. The first-order valence-corrected chi connectivity index (χ1v) is 6.89. The molecule has 20 heavy (non-hydrogen) atoms. The fraction of sp³-hybridized carbons (Fsp3) is 0.235. The average molecular weight is 266 g/mol. The predicted molar refractivity (Wildman–Crippen MR) is 80.4 cm³/mol. The SMILES string of the molecule is Cn1nc(CCC(O)c2ccccc2)c2ccccc21. The molecule has 3 heteroatoms. The number of fused-ring (bicyclic) bond motifs is 1. The van der Waals surface area contributed by atoms with Crippen molar-refractivity contribution in [3.8, 4) is 0 Å². The van der Waals surface area contributed by atoms with Gasteiger partial charge in [0.2, 0.25) is 0 Å². The van der Waals surface area contributed by atoms with Gasteiger partial charge in [0.05, 0.1) is 17.3 Å². The number of aryl methyl sites for hydroxylation is 2. The standard InChI is InChI=1S/C17H18N2O/c1-19-16-10-6-5-9-14(16)15(18-19)11-12-17(20)13-7-3-2-4-8-13/h2-10,17,20H,11-12H2,1H3. The van der Waals surface area contributed by atoms with Gasteiger partial charge in [-0.1, -0.05) is 48.5 Å². The number of nitrogens with zero attached hydrogens (tertiary/aromatic N) is 2. The van der Waals surface area contributed by atoms with Gasteiger partial charge in [0.1, 0.15) is 0 Å². The third-order valence-corrected chi connectivity index (χ3v) is 3.67. The van der Waals surface area contributed by atoms with Crippen LogP contribution in [0.1, 0.15) is 23.8 Å². The minimum absolute atomic E-state index is 0.433. The van der Waals surface area contributed by atoms with Crippen LogP contribution in [0, 0.1) is 0 Å². The van der Waals surface area contributed by atoms with Gasteiger partial charge < -0.3 is 5.11 Å². The maximum Gasteiger partial charge on any atom is 0.0793 e. The number of hydrogen-bond donors (Lipinski definition) is 1. The van der Waals surface area contributed by atoms with Gasteiger partial charge in [0.15, 0.2) is 0 Å². The Kier molecular flexibility index (Phi) is 3.52. The van der Waals surface area contributed by atoms with Gasteiger partial charge in [0, 0.05) is 12.4 Å². The van der Waals surface area contributed by atoms with Crippen LogP contribution in [0.5, 0.6) is 0 Å². The molecule has 0 aliphatic rings. The van der Waals surface area contributed by atoms with Crippen molar-refractivity contribution in [3.05, 3.63) is 65.9 Å². The van der Waals surface area contributed by atoms with Crippen LogP contribution >= 0.6 is 0 Å². The highest BCUT2D eigenvalue weighted by Crippen LogP contribution is 2.22. The molecule has 0 radical (unpaired) electrons. The number of aliphatic hydroxyl groups excluding tert-OH is 1.